The van der Waals surface area contributed by atoms with Crippen LogP contribution in [0.3, 0.4) is 0 Å². The van der Waals surface area contributed by atoms with E-state index < -0.39 is 0 Å². The summed E-state index contributed by atoms with van der Waals surface area (Å²) >= 11 is 0. The third kappa shape index (κ3) is 8.47. The van der Waals surface area contributed by atoms with Crippen LogP contribution in [0.2, 0.25) is 0 Å². The van der Waals surface area contributed by atoms with Crippen molar-refractivity contribution < 1.29 is 9.53 Å². The molecular formula is C21H34IN5O2. The second-order valence-electron chi connectivity index (χ2n) is 7.61. The molecule has 0 bridgehead atoms. The average molecular weight is 515 g/mol. The summed E-state index contributed by atoms with van der Waals surface area (Å²) in [5.74, 6) is 1.63. The number of anilines is 1. The highest BCUT2D eigenvalue weighted by molar-refractivity contribution is 14.0. The van der Waals surface area contributed by atoms with Crippen molar-refractivity contribution in [2.45, 2.75) is 39.3 Å². The number of nitrogens with one attached hydrogen (secondary N) is 3. The van der Waals surface area contributed by atoms with E-state index in [9.17, 15) is 4.79 Å². The third-order valence-electron chi connectivity index (χ3n) is 5.17. The zero-order chi connectivity index (χ0) is 19.8. The number of amides is 1. The van der Waals surface area contributed by atoms with E-state index in [1.807, 2.05) is 24.3 Å². The Balaban J connectivity index is 0.00000300. The molecule has 0 spiro atoms. The highest BCUT2D eigenvalue weighted by Crippen LogP contribution is 2.28. The number of nitrogens with zero attached hydrogens (tertiary/aromatic N) is 2. The minimum atomic E-state index is 0. The van der Waals surface area contributed by atoms with Crippen LogP contribution in [-0.4, -0.2) is 62.2 Å². The quantitative estimate of drug-likeness (QED) is 0.282. The second kappa shape index (κ2) is 12.3. The number of ether oxygens (including phenoxy) is 1. The molecule has 8 heteroatoms. The molecule has 3 N–H and O–H groups in total. The first kappa shape index (κ1) is 23.9. The van der Waals surface area contributed by atoms with Crippen LogP contribution in [-0.2, 0) is 16.1 Å². The molecule has 3 rings (SSSR count). The van der Waals surface area contributed by atoms with Gasteiger partial charge in [-0.3, -0.25) is 9.69 Å². The van der Waals surface area contributed by atoms with Crippen LogP contribution in [0.4, 0.5) is 5.69 Å². The molecule has 1 aliphatic carbocycles. The van der Waals surface area contributed by atoms with Crippen molar-refractivity contribution in [3.8, 4) is 0 Å². The number of morpholine rings is 1. The molecule has 1 heterocycles. The number of hydrogen-bond donors (Lipinski definition) is 3. The fourth-order valence-corrected chi connectivity index (χ4v) is 3.24. The van der Waals surface area contributed by atoms with Crippen molar-refractivity contribution in [2.75, 3.05) is 44.7 Å². The van der Waals surface area contributed by atoms with Gasteiger partial charge in [0.2, 0.25) is 5.91 Å². The minimum Gasteiger partial charge on any atom is -0.379 e. The van der Waals surface area contributed by atoms with Gasteiger partial charge in [-0.15, -0.1) is 24.0 Å². The van der Waals surface area contributed by atoms with Crippen LogP contribution in [0.25, 0.3) is 0 Å². The topological polar surface area (TPSA) is 78.0 Å². The Hall–Kier alpha value is -1.39. The Labute approximate surface area is 191 Å². The van der Waals surface area contributed by atoms with E-state index >= 15 is 0 Å². The maximum absolute atomic E-state index is 12.3. The zero-order valence-corrected chi connectivity index (χ0v) is 19.8. The van der Waals surface area contributed by atoms with Gasteiger partial charge in [-0.25, -0.2) is 4.99 Å². The number of aliphatic imine (C=N–C) groups is 1. The van der Waals surface area contributed by atoms with E-state index in [0.29, 0.717) is 19.0 Å². The van der Waals surface area contributed by atoms with Crippen molar-refractivity contribution in [3.05, 3.63) is 29.8 Å². The lowest BCUT2D eigenvalue weighted by Crippen LogP contribution is -2.39. The van der Waals surface area contributed by atoms with Crippen molar-refractivity contribution in [1.82, 2.24) is 15.5 Å². The lowest BCUT2D eigenvalue weighted by Gasteiger charge is -2.26. The molecule has 2 unspecified atom stereocenters. The number of halogens is 1. The fourth-order valence-electron chi connectivity index (χ4n) is 3.24. The van der Waals surface area contributed by atoms with E-state index in [-0.39, 0.29) is 29.9 Å². The molecule has 0 radical (unpaired) electrons. The lowest BCUT2D eigenvalue weighted by atomic mass is 10.2. The zero-order valence-electron chi connectivity index (χ0n) is 17.4. The van der Waals surface area contributed by atoms with Gasteiger partial charge in [0.05, 0.1) is 19.8 Å². The van der Waals surface area contributed by atoms with Crippen LogP contribution >= 0.6 is 24.0 Å². The Morgan fingerprint density at radius 3 is 2.76 bits per heavy atom. The van der Waals surface area contributed by atoms with Crippen LogP contribution in [0.1, 0.15) is 32.3 Å². The summed E-state index contributed by atoms with van der Waals surface area (Å²) in [5.41, 5.74) is 1.90. The highest BCUT2D eigenvalue weighted by Gasteiger charge is 2.33. The standard InChI is InChI=1S/C21H33N5O2.HI/c1-3-22-21(25-19-13-16(19)2)23-15-17-5-4-6-18(14-17)24-20(27)7-8-26-9-11-28-12-10-26;/h4-6,14,16,19H,3,7-13,15H2,1-2H3,(H,24,27)(H2,22,23,25);1H. The van der Waals surface area contributed by atoms with Gasteiger partial charge >= 0.3 is 0 Å². The van der Waals surface area contributed by atoms with Gasteiger partial charge in [-0.05, 0) is 37.0 Å². The van der Waals surface area contributed by atoms with Gasteiger partial charge in [-0.2, -0.15) is 0 Å². The van der Waals surface area contributed by atoms with Crippen LogP contribution in [0, 0.1) is 5.92 Å². The van der Waals surface area contributed by atoms with Gasteiger partial charge in [0.25, 0.3) is 0 Å². The first-order valence-corrected chi connectivity index (χ1v) is 10.4. The normalized spacial score (nSPS) is 21.8. The first-order chi connectivity index (χ1) is 13.6. The molecule has 2 aliphatic rings. The SMILES string of the molecule is CCNC(=NCc1cccc(NC(=O)CCN2CCOCC2)c1)NC1CC1C.I. The van der Waals surface area contributed by atoms with E-state index in [2.05, 4.69) is 39.7 Å². The second-order valence-corrected chi connectivity index (χ2v) is 7.61. The summed E-state index contributed by atoms with van der Waals surface area (Å²) in [6, 6.07) is 8.46. The molecule has 2 fully saturated rings. The predicted octanol–water partition coefficient (Wildman–Crippen LogP) is 2.43. The van der Waals surface area contributed by atoms with Crippen molar-refractivity contribution >= 4 is 41.5 Å². The van der Waals surface area contributed by atoms with Crippen LogP contribution < -0.4 is 16.0 Å². The maximum atomic E-state index is 12.3. The molecule has 162 valence electrons. The molecule has 1 aromatic rings. The number of benzene rings is 1. The summed E-state index contributed by atoms with van der Waals surface area (Å²) in [6.07, 6.45) is 1.70. The highest BCUT2D eigenvalue weighted by atomic mass is 127. The third-order valence-corrected chi connectivity index (χ3v) is 5.17. The van der Waals surface area contributed by atoms with Crippen molar-refractivity contribution in [2.24, 2.45) is 10.9 Å². The molecule has 1 aromatic carbocycles. The molecule has 29 heavy (non-hydrogen) atoms. The Kier molecular flexibility index (Phi) is 10.2. The van der Waals surface area contributed by atoms with Gasteiger partial charge in [-0.1, -0.05) is 19.1 Å². The first-order valence-electron chi connectivity index (χ1n) is 10.4. The summed E-state index contributed by atoms with van der Waals surface area (Å²) in [4.78, 5) is 19.2. The maximum Gasteiger partial charge on any atom is 0.225 e. The summed E-state index contributed by atoms with van der Waals surface area (Å²) < 4.78 is 5.34. The summed E-state index contributed by atoms with van der Waals surface area (Å²) in [5, 5.41) is 9.76. The number of rotatable bonds is 8. The van der Waals surface area contributed by atoms with Crippen LogP contribution in [0.15, 0.2) is 29.3 Å². The molecule has 2 atom stereocenters. The smallest absolute Gasteiger partial charge is 0.225 e. The van der Waals surface area contributed by atoms with E-state index in [0.717, 1.165) is 62.5 Å². The predicted molar refractivity (Wildman–Crippen MR) is 128 cm³/mol. The Morgan fingerprint density at radius 1 is 1.31 bits per heavy atom. The number of carbonyl (C=O) groups excluding carboxylic acids is 1. The minimum absolute atomic E-state index is 0. The van der Waals surface area contributed by atoms with Crippen LogP contribution in [0.5, 0.6) is 0 Å². The van der Waals surface area contributed by atoms with E-state index in [1.165, 1.54) is 6.42 Å². The average Bonchev–Trinajstić information content (AvgIpc) is 3.40. The number of hydrogen-bond acceptors (Lipinski definition) is 4. The van der Waals surface area contributed by atoms with Gasteiger partial charge < -0.3 is 20.7 Å². The summed E-state index contributed by atoms with van der Waals surface area (Å²) in [6.45, 7) is 9.83. The molecule has 7 nitrogen and oxygen atoms in total. The fraction of sp³-hybridized carbons (Fsp3) is 0.619. The largest absolute Gasteiger partial charge is 0.379 e. The Morgan fingerprint density at radius 2 is 2.07 bits per heavy atom. The molecule has 1 saturated heterocycles. The number of carbonyl (C=O) groups is 1. The van der Waals surface area contributed by atoms with Crippen molar-refractivity contribution in [3.63, 3.8) is 0 Å². The molecule has 1 amide bonds. The van der Waals surface area contributed by atoms with Gasteiger partial charge in [0.15, 0.2) is 5.96 Å². The van der Waals surface area contributed by atoms with Gasteiger partial charge in [0.1, 0.15) is 0 Å². The lowest BCUT2D eigenvalue weighted by molar-refractivity contribution is -0.116. The van der Waals surface area contributed by atoms with E-state index in [1.54, 1.807) is 0 Å². The Bertz CT molecular complexity index is 679. The molecule has 1 aliphatic heterocycles. The molecule has 0 aromatic heterocycles. The molecule has 1 saturated carbocycles. The van der Waals surface area contributed by atoms with Gasteiger partial charge in [0, 0.05) is 44.3 Å². The van der Waals surface area contributed by atoms with Crippen molar-refractivity contribution in [1.29, 1.82) is 0 Å². The summed E-state index contributed by atoms with van der Waals surface area (Å²) in [7, 11) is 0. The monoisotopic (exact) mass is 515 g/mol. The van der Waals surface area contributed by atoms with E-state index in [4.69, 9.17) is 4.74 Å². The number of guanidine groups is 1. The molecular weight excluding hydrogens is 481 g/mol.